The van der Waals surface area contributed by atoms with E-state index in [1.807, 2.05) is 6.08 Å². The lowest BCUT2D eigenvalue weighted by atomic mass is 10.6. The molecule has 0 aliphatic carbocycles. The standard InChI is InChI=1S/C7H12N2.HNO3/c1-3-4-9-6-5-8(2)7-9;2-1(3)4/h3,5-6H,1,4,7H2,2H3;(H,2,3,4). The van der Waals surface area contributed by atoms with Gasteiger partial charge in [-0.3, -0.25) is 0 Å². The van der Waals surface area contributed by atoms with Crippen LogP contribution in [0.15, 0.2) is 25.1 Å². The Morgan fingerprint density at radius 2 is 2.31 bits per heavy atom. The first kappa shape index (κ1) is 11.3. The van der Waals surface area contributed by atoms with Gasteiger partial charge in [-0.2, -0.15) is 0 Å². The van der Waals surface area contributed by atoms with E-state index in [4.69, 9.17) is 15.3 Å². The fraction of sp³-hybridized carbons (Fsp3) is 0.429. The van der Waals surface area contributed by atoms with E-state index in [0.717, 1.165) is 13.2 Å². The molecule has 0 aromatic carbocycles. The Balaban J connectivity index is 0.000000310. The molecule has 0 saturated carbocycles. The molecule has 1 aliphatic heterocycles. The predicted octanol–water partition coefficient (Wildman–Crippen LogP) is 0.501. The molecule has 1 heterocycles. The lowest BCUT2D eigenvalue weighted by Gasteiger charge is -2.15. The summed E-state index contributed by atoms with van der Waals surface area (Å²) in [6, 6.07) is 0. The van der Waals surface area contributed by atoms with Gasteiger partial charge in [-0.15, -0.1) is 16.7 Å². The molecule has 13 heavy (non-hydrogen) atoms. The fourth-order valence-corrected chi connectivity index (χ4v) is 0.873. The highest BCUT2D eigenvalue weighted by Gasteiger charge is 2.04. The maximum Gasteiger partial charge on any atom is 0.291 e. The van der Waals surface area contributed by atoms with Gasteiger partial charge >= 0.3 is 0 Å². The molecule has 1 aliphatic rings. The van der Waals surface area contributed by atoms with E-state index in [9.17, 15) is 0 Å². The van der Waals surface area contributed by atoms with Gasteiger partial charge in [0.25, 0.3) is 5.09 Å². The first-order valence-corrected chi connectivity index (χ1v) is 3.63. The molecule has 0 aromatic heterocycles. The minimum atomic E-state index is -1.50. The largest absolute Gasteiger partial charge is 0.362 e. The van der Waals surface area contributed by atoms with Gasteiger partial charge < -0.3 is 15.0 Å². The zero-order chi connectivity index (χ0) is 10.3. The van der Waals surface area contributed by atoms with E-state index in [2.05, 4.69) is 35.8 Å². The van der Waals surface area contributed by atoms with Crippen molar-refractivity contribution in [1.82, 2.24) is 9.80 Å². The van der Waals surface area contributed by atoms with E-state index in [1.165, 1.54) is 0 Å². The summed E-state index contributed by atoms with van der Waals surface area (Å²) < 4.78 is 0. The highest BCUT2D eigenvalue weighted by atomic mass is 16.9. The normalized spacial score (nSPS) is 13.6. The average molecular weight is 187 g/mol. The van der Waals surface area contributed by atoms with Crippen molar-refractivity contribution in [3.05, 3.63) is 35.2 Å². The number of rotatable bonds is 2. The highest BCUT2D eigenvalue weighted by Crippen LogP contribution is 2.01. The monoisotopic (exact) mass is 187 g/mol. The van der Waals surface area contributed by atoms with Gasteiger partial charge in [0.1, 0.15) is 0 Å². The Bertz CT molecular complexity index is 201. The number of hydrogen-bond acceptors (Lipinski definition) is 4. The maximum absolute atomic E-state index is 8.36. The van der Waals surface area contributed by atoms with Crippen LogP contribution in [0.5, 0.6) is 0 Å². The van der Waals surface area contributed by atoms with Crippen LogP contribution < -0.4 is 0 Å². The van der Waals surface area contributed by atoms with Crippen LogP contribution in [-0.4, -0.2) is 40.4 Å². The third-order valence-corrected chi connectivity index (χ3v) is 1.30. The molecule has 74 valence electrons. The molecule has 0 unspecified atom stereocenters. The van der Waals surface area contributed by atoms with Crippen LogP contribution in [0.1, 0.15) is 0 Å². The molecule has 6 heteroatoms. The molecule has 0 amide bonds. The molecule has 0 atom stereocenters. The SMILES string of the molecule is C=CCN1C=CN(C)C1.O=[N+]([O-])O. The molecule has 0 bridgehead atoms. The summed E-state index contributed by atoms with van der Waals surface area (Å²) in [5, 5.41) is 13.6. The van der Waals surface area contributed by atoms with Crippen LogP contribution in [0.3, 0.4) is 0 Å². The van der Waals surface area contributed by atoms with E-state index in [-0.39, 0.29) is 0 Å². The van der Waals surface area contributed by atoms with Crippen molar-refractivity contribution >= 4 is 0 Å². The quantitative estimate of drug-likeness (QED) is 0.387. The molecular formula is C7H13N3O3. The van der Waals surface area contributed by atoms with E-state index < -0.39 is 5.09 Å². The maximum atomic E-state index is 8.36. The average Bonchev–Trinajstić information content (AvgIpc) is 2.35. The van der Waals surface area contributed by atoms with Crippen molar-refractivity contribution in [3.63, 3.8) is 0 Å². The predicted molar refractivity (Wildman–Crippen MR) is 47.5 cm³/mol. The van der Waals surface area contributed by atoms with Gasteiger partial charge in [-0.1, -0.05) is 6.08 Å². The molecule has 0 aromatic rings. The van der Waals surface area contributed by atoms with Gasteiger partial charge in [-0.25, -0.2) is 0 Å². The van der Waals surface area contributed by atoms with Crippen LogP contribution in [0.25, 0.3) is 0 Å². The van der Waals surface area contributed by atoms with Crippen molar-refractivity contribution in [3.8, 4) is 0 Å². The molecule has 6 nitrogen and oxygen atoms in total. The Morgan fingerprint density at radius 3 is 2.62 bits per heavy atom. The molecule has 0 radical (unpaired) electrons. The Morgan fingerprint density at radius 1 is 1.77 bits per heavy atom. The van der Waals surface area contributed by atoms with Crippen LogP contribution in [0.2, 0.25) is 0 Å². The van der Waals surface area contributed by atoms with Crippen molar-refractivity contribution in [1.29, 1.82) is 0 Å². The first-order chi connectivity index (χ1) is 6.06. The third kappa shape index (κ3) is 6.67. The van der Waals surface area contributed by atoms with Crippen molar-refractivity contribution in [2.75, 3.05) is 20.3 Å². The van der Waals surface area contributed by atoms with Gasteiger partial charge in [-0.05, 0) is 0 Å². The second-order valence-corrected chi connectivity index (χ2v) is 2.49. The van der Waals surface area contributed by atoms with E-state index in [1.54, 1.807) is 0 Å². The van der Waals surface area contributed by atoms with Crippen molar-refractivity contribution < 1.29 is 10.3 Å². The Kier molecular flexibility index (Phi) is 5.09. The minimum absolute atomic E-state index is 0.945. The zero-order valence-corrected chi connectivity index (χ0v) is 7.46. The van der Waals surface area contributed by atoms with Gasteiger partial charge in [0.15, 0.2) is 0 Å². The number of hydrogen-bond donors (Lipinski definition) is 1. The summed E-state index contributed by atoms with van der Waals surface area (Å²) in [4.78, 5) is 12.7. The summed E-state index contributed by atoms with van der Waals surface area (Å²) >= 11 is 0. The topological polar surface area (TPSA) is 69.9 Å². The zero-order valence-electron chi connectivity index (χ0n) is 7.46. The van der Waals surface area contributed by atoms with Gasteiger partial charge in [0, 0.05) is 26.0 Å². The molecule has 0 spiro atoms. The van der Waals surface area contributed by atoms with Crippen LogP contribution in [0.4, 0.5) is 0 Å². The molecule has 0 saturated heterocycles. The minimum Gasteiger partial charge on any atom is -0.362 e. The van der Waals surface area contributed by atoms with E-state index >= 15 is 0 Å². The molecule has 0 fully saturated rings. The second kappa shape index (κ2) is 5.87. The van der Waals surface area contributed by atoms with Crippen molar-refractivity contribution in [2.24, 2.45) is 0 Å². The summed E-state index contributed by atoms with van der Waals surface area (Å²) in [6.45, 7) is 5.59. The van der Waals surface area contributed by atoms with Gasteiger partial charge in [0.05, 0.1) is 6.67 Å². The van der Waals surface area contributed by atoms with Crippen LogP contribution in [0, 0.1) is 10.1 Å². The highest BCUT2D eigenvalue weighted by molar-refractivity contribution is 4.91. The van der Waals surface area contributed by atoms with Crippen molar-refractivity contribution in [2.45, 2.75) is 0 Å². The van der Waals surface area contributed by atoms with E-state index in [0.29, 0.717) is 0 Å². The van der Waals surface area contributed by atoms with Crippen LogP contribution >= 0.6 is 0 Å². The van der Waals surface area contributed by atoms with Crippen LogP contribution in [-0.2, 0) is 0 Å². The summed E-state index contributed by atoms with van der Waals surface area (Å²) in [5.41, 5.74) is 0. The fourth-order valence-electron chi connectivity index (χ4n) is 0.873. The smallest absolute Gasteiger partial charge is 0.291 e. The number of nitrogens with zero attached hydrogens (tertiary/aromatic N) is 3. The summed E-state index contributed by atoms with van der Waals surface area (Å²) in [6.07, 6.45) is 6.04. The first-order valence-electron chi connectivity index (χ1n) is 3.63. The summed E-state index contributed by atoms with van der Waals surface area (Å²) in [5.74, 6) is 0. The molecule has 1 N–H and O–H groups in total. The molecule has 1 rings (SSSR count). The third-order valence-electron chi connectivity index (χ3n) is 1.30. The lowest BCUT2D eigenvalue weighted by Crippen LogP contribution is -2.21. The Labute approximate surface area is 76.5 Å². The van der Waals surface area contributed by atoms with Gasteiger partial charge in [0.2, 0.25) is 0 Å². The Hall–Kier alpha value is -1.72. The lowest BCUT2D eigenvalue weighted by molar-refractivity contribution is -0.742. The molecular weight excluding hydrogens is 174 g/mol. The second-order valence-electron chi connectivity index (χ2n) is 2.49. The summed E-state index contributed by atoms with van der Waals surface area (Å²) in [7, 11) is 2.06.